The maximum atomic E-state index is 0. The molecule has 0 rings (SSSR count). The van der Waals surface area contributed by atoms with Gasteiger partial charge in [-0.05, 0) is 0 Å². The molecule has 0 atom stereocenters. The molecule has 0 saturated heterocycles. The van der Waals surface area contributed by atoms with Gasteiger partial charge in [0.1, 0.15) is 0 Å². The molecule has 0 fully saturated rings. The smallest absolute Gasteiger partial charge is 1.00 e. The van der Waals surface area contributed by atoms with Gasteiger partial charge in [-0.1, -0.05) is 0 Å². The minimum atomic E-state index is 0. The molecule has 0 aliphatic carbocycles. The molecular weight excluding hydrogens is 808 g/mol. The van der Waals surface area contributed by atoms with E-state index in [1.54, 1.807) is 0 Å². The van der Waals surface area contributed by atoms with Gasteiger partial charge in [-0.2, -0.15) is 0 Å². The zero-order chi connectivity index (χ0) is 0. The van der Waals surface area contributed by atoms with Crippen molar-refractivity contribution in [2.75, 3.05) is 0 Å². The van der Waals surface area contributed by atoms with Gasteiger partial charge in [-0.15, -0.1) is 0 Å². The fourth-order valence-corrected chi connectivity index (χ4v) is 0. The van der Waals surface area contributed by atoms with Gasteiger partial charge >= 0.3 is 58.4 Å². The van der Waals surface area contributed by atoms with E-state index in [-0.39, 0.29) is 252 Å². The van der Waals surface area contributed by atoms with Gasteiger partial charge in [0.25, 0.3) is 0 Å². The van der Waals surface area contributed by atoms with Crippen molar-refractivity contribution >= 4 is 0 Å². The van der Waals surface area contributed by atoms with Crippen LogP contribution in [0.15, 0.2) is 0 Å². The van der Waals surface area contributed by atoms with Crippen molar-refractivity contribution < 1.29 is 166 Å². The van der Waals surface area contributed by atoms with Crippen molar-refractivity contribution in [3.63, 3.8) is 0 Å². The molecular formula is H40Cl6N14O6Ru3-6. The van der Waals surface area contributed by atoms with Gasteiger partial charge in [0, 0.05) is 0 Å². The van der Waals surface area contributed by atoms with Crippen LogP contribution in [0.3, 0.4) is 0 Å². The zero-order valence-corrected chi connectivity index (χ0v) is 24.2. The Morgan fingerprint density at radius 3 is 0.172 bits per heavy atom. The van der Waals surface area contributed by atoms with Crippen LogP contribution in [0.4, 0.5) is 0 Å². The predicted molar refractivity (Wildman–Crippen MR) is 95.7 cm³/mol. The minimum absolute atomic E-state index is 0. The summed E-state index contributed by atoms with van der Waals surface area (Å²) < 4.78 is 0. The van der Waals surface area contributed by atoms with E-state index >= 15 is 0 Å². The summed E-state index contributed by atoms with van der Waals surface area (Å²) in [4.78, 5) is 0. The molecule has 29 heteroatoms. The van der Waals surface area contributed by atoms with Crippen molar-refractivity contribution in [2.24, 2.45) is 0 Å². The van der Waals surface area contributed by atoms with Crippen LogP contribution in [0.25, 0.3) is 86.1 Å². The molecule has 0 aromatic rings. The molecule has 2 radical (unpaired) electrons. The summed E-state index contributed by atoms with van der Waals surface area (Å²) in [5.74, 6) is 0. The van der Waals surface area contributed by atoms with E-state index in [0.717, 1.165) is 0 Å². The van der Waals surface area contributed by atoms with Gasteiger partial charge in [0.15, 0.2) is 0 Å². The Bertz CT molecular complexity index is 51.8. The van der Waals surface area contributed by atoms with Crippen molar-refractivity contribution in [1.82, 2.24) is 0 Å². The molecule has 20 nitrogen and oxygen atoms in total. The number of rotatable bonds is 0. The summed E-state index contributed by atoms with van der Waals surface area (Å²) in [6.07, 6.45) is 0. The standard InChI is InChI=1S/6ClH.14H2N.6H2O.3Ru/h6*1H;20*1H2;;;/q;;;;;;14*-1;;;;;;;+4;2*+5/p-6. The minimum Gasteiger partial charge on any atom is -1.00 e. The molecule has 29 heavy (non-hydrogen) atoms. The fourth-order valence-electron chi connectivity index (χ4n) is 0. The molecule has 0 amide bonds. The maximum absolute atomic E-state index is 0. The zero-order valence-electron chi connectivity index (χ0n) is 14.4. The first-order valence-corrected chi connectivity index (χ1v) is 0. The third-order valence-electron chi connectivity index (χ3n) is 0. The third-order valence-corrected chi connectivity index (χ3v) is 0. The Balaban J connectivity index is 0. The first kappa shape index (κ1) is 3820. The van der Waals surface area contributed by atoms with Crippen molar-refractivity contribution in [3.8, 4) is 0 Å². The molecule has 0 spiro atoms. The van der Waals surface area contributed by atoms with Crippen LogP contribution in [-0.2, 0) is 58.4 Å². The molecule has 0 aliphatic rings. The van der Waals surface area contributed by atoms with Crippen LogP contribution in [0.1, 0.15) is 0 Å². The largest absolute Gasteiger partial charge is 5.00 e. The monoisotopic (exact) mass is 848 g/mol. The molecule has 0 bridgehead atoms. The SMILES string of the molecule is O.O.O.O.O.O.[Cl-].[Cl-].[Cl-].[Cl-].[Cl-].[Cl-].[NH2-].[NH2-].[NH2-].[NH2-].[NH2-].[NH2-].[NH2-].[NH2-].[NH2-].[NH2-].[NH2-].[NH2-].[NH2-].[NH2-].[Ru+4].[Ru+5].[Ru+5]. The van der Waals surface area contributed by atoms with Gasteiger partial charge < -0.3 is 193 Å². The maximum Gasteiger partial charge on any atom is 5.00 e. The van der Waals surface area contributed by atoms with E-state index in [4.69, 9.17) is 0 Å². The summed E-state index contributed by atoms with van der Waals surface area (Å²) >= 11 is 0. The van der Waals surface area contributed by atoms with Crippen LogP contribution < -0.4 is 74.4 Å². The van der Waals surface area contributed by atoms with Gasteiger partial charge in [-0.3, -0.25) is 0 Å². The summed E-state index contributed by atoms with van der Waals surface area (Å²) in [6, 6.07) is 0. The second kappa shape index (κ2) is 3470. The van der Waals surface area contributed by atoms with Gasteiger partial charge in [-0.25, -0.2) is 0 Å². The number of nitrogens with two attached hydrogens (primary N) is 14. The van der Waals surface area contributed by atoms with E-state index in [9.17, 15) is 0 Å². The Hall–Kier alpha value is 2.81. The van der Waals surface area contributed by atoms with Crippen LogP contribution in [0.2, 0.25) is 0 Å². The summed E-state index contributed by atoms with van der Waals surface area (Å²) in [6.45, 7) is 0. The normalized spacial score (nSPS) is 0. The third kappa shape index (κ3) is 3240. The van der Waals surface area contributed by atoms with E-state index in [1.807, 2.05) is 0 Å². The van der Waals surface area contributed by atoms with Crippen molar-refractivity contribution in [1.29, 1.82) is 0 Å². The quantitative estimate of drug-likeness (QED) is 0.205. The molecule has 0 aliphatic heterocycles. The van der Waals surface area contributed by atoms with E-state index in [0.29, 0.717) is 0 Å². The summed E-state index contributed by atoms with van der Waals surface area (Å²) in [7, 11) is 0. The van der Waals surface area contributed by atoms with Gasteiger partial charge in [0.05, 0.1) is 0 Å². The molecule has 0 aromatic carbocycles. The predicted octanol–water partition coefficient (Wildman–Crippen LogP) is -12.9. The first-order chi connectivity index (χ1) is 0. The second-order valence-corrected chi connectivity index (χ2v) is 0. The average molecular weight is 848 g/mol. The van der Waals surface area contributed by atoms with Crippen LogP contribution >= 0.6 is 0 Å². The Morgan fingerprint density at radius 2 is 0.172 bits per heavy atom. The van der Waals surface area contributed by atoms with Crippen LogP contribution in [-0.4, -0.2) is 32.9 Å². The molecule has 0 heterocycles. The number of hydrogen-bond acceptors (Lipinski definition) is 0. The molecule has 0 unspecified atom stereocenters. The average Bonchev–Trinajstić information content (AvgIpc) is 0. The molecule has 0 saturated carbocycles. The number of halogens is 6. The molecule has 0 aromatic heterocycles. The summed E-state index contributed by atoms with van der Waals surface area (Å²) in [5.41, 5.74) is 0. The topological polar surface area (TPSA) is 658 Å². The van der Waals surface area contributed by atoms with Crippen LogP contribution in [0.5, 0.6) is 0 Å². The Kier molecular flexibility index (Phi) is 457000. The van der Waals surface area contributed by atoms with Crippen LogP contribution in [0, 0.1) is 0 Å². The van der Waals surface area contributed by atoms with E-state index in [2.05, 4.69) is 0 Å². The molecule has 218 valence electrons. The van der Waals surface area contributed by atoms with Crippen molar-refractivity contribution in [2.45, 2.75) is 0 Å². The Morgan fingerprint density at radius 1 is 0.172 bits per heavy atom. The van der Waals surface area contributed by atoms with Crippen molar-refractivity contribution in [3.05, 3.63) is 86.1 Å². The van der Waals surface area contributed by atoms with E-state index in [1.165, 1.54) is 0 Å². The number of hydrogen-bond donors (Lipinski definition) is 0. The fraction of sp³-hybridized carbons (Fsp3) is 0. The second-order valence-electron chi connectivity index (χ2n) is 0. The first-order valence-electron chi connectivity index (χ1n) is 0. The van der Waals surface area contributed by atoms with E-state index < -0.39 is 0 Å². The van der Waals surface area contributed by atoms with Gasteiger partial charge in [0.2, 0.25) is 0 Å². The Labute approximate surface area is 250 Å². The summed E-state index contributed by atoms with van der Waals surface area (Å²) in [5, 5.41) is 0. The molecule has 40 N–H and O–H groups in total.